The lowest BCUT2D eigenvalue weighted by atomic mass is 10.5. The van der Waals surface area contributed by atoms with Crippen molar-refractivity contribution in [2.24, 2.45) is 0 Å². The fourth-order valence-electron chi connectivity index (χ4n) is 1.14. The van der Waals surface area contributed by atoms with E-state index in [4.69, 9.17) is 5.73 Å². The Balaban J connectivity index is 2.59. The Hall–Kier alpha value is -0.840. The molecule has 0 fully saturated rings. The minimum atomic E-state index is -3.85. The first-order valence-electron chi connectivity index (χ1n) is 5.09. The number of ether oxygens (including phenoxy) is 1. The van der Waals surface area contributed by atoms with E-state index in [0.717, 1.165) is 0 Å². The van der Waals surface area contributed by atoms with E-state index in [1.165, 1.54) is 12.3 Å². The van der Waals surface area contributed by atoms with Crippen molar-refractivity contribution >= 4 is 31.8 Å². The van der Waals surface area contributed by atoms with Gasteiger partial charge < -0.3 is 10.5 Å². The van der Waals surface area contributed by atoms with Crippen LogP contribution in [0.25, 0.3) is 0 Å². The van der Waals surface area contributed by atoms with Crippen LogP contribution in [-0.4, -0.2) is 39.6 Å². The average molecular weight is 360 g/mol. The second kappa shape index (κ2) is 7.08. The van der Waals surface area contributed by atoms with Gasteiger partial charge in [-0.15, -0.1) is 0 Å². The Labute approximate surface area is 117 Å². The van der Waals surface area contributed by atoms with Crippen molar-refractivity contribution < 1.29 is 21.9 Å². The van der Waals surface area contributed by atoms with Crippen molar-refractivity contribution in [1.29, 1.82) is 0 Å². The summed E-state index contributed by atoms with van der Waals surface area (Å²) in [5.41, 5.74) is 5.46. The zero-order valence-corrected chi connectivity index (χ0v) is 12.0. The van der Waals surface area contributed by atoms with Gasteiger partial charge >= 0.3 is 0 Å². The number of halogens is 3. The Morgan fingerprint density at radius 1 is 1.53 bits per heavy atom. The molecule has 3 N–H and O–H groups in total. The molecule has 19 heavy (non-hydrogen) atoms. The number of nitrogens with two attached hydrogens (primary N) is 1. The highest BCUT2D eigenvalue weighted by molar-refractivity contribution is 9.10. The molecule has 0 bridgehead atoms. The van der Waals surface area contributed by atoms with E-state index >= 15 is 0 Å². The van der Waals surface area contributed by atoms with E-state index in [9.17, 15) is 17.2 Å². The first-order chi connectivity index (χ1) is 8.83. The third-order valence-corrected chi connectivity index (χ3v) is 3.84. The summed E-state index contributed by atoms with van der Waals surface area (Å²) in [4.78, 5) is 3.51. The molecule has 0 amide bonds. The van der Waals surface area contributed by atoms with Crippen molar-refractivity contribution in [2.75, 3.05) is 25.5 Å². The molecule has 0 aliphatic rings. The Morgan fingerprint density at radius 3 is 2.84 bits per heavy atom. The Morgan fingerprint density at radius 2 is 2.21 bits per heavy atom. The number of alkyl halides is 2. The number of sulfonamides is 1. The normalized spacial score (nSPS) is 12.0. The predicted molar refractivity (Wildman–Crippen MR) is 68.4 cm³/mol. The van der Waals surface area contributed by atoms with E-state index < -0.39 is 23.1 Å². The van der Waals surface area contributed by atoms with Crippen LogP contribution < -0.4 is 10.5 Å². The van der Waals surface area contributed by atoms with Crippen molar-refractivity contribution in [2.45, 2.75) is 11.3 Å². The summed E-state index contributed by atoms with van der Waals surface area (Å²) in [6, 6.07) is 1.30. The lowest BCUT2D eigenvalue weighted by molar-refractivity contribution is 0.0199. The largest absolute Gasteiger partial charge is 0.383 e. The summed E-state index contributed by atoms with van der Waals surface area (Å²) in [6.45, 7) is -1.03. The van der Waals surface area contributed by atoms with Crippen LogP contribution in [0, 0.1) is 0 Å². The molecule has 1 aromatic heterocycles. The highest BCUT2D eigenvalue weighted by atomic mass is 79.9. The number of aromatic nitrogens is 1. The maximum absolute atomic E-state index is 11.8. The van der Waals surface area contributed by atoms with Crippen LogP contribution in [0.2, 0.25) is 0 Å². The zero-order chi connectivity index (χ0) is 14.5. The fraction of sp³-hybridized carbons (Fsp3) is 0.444. The molecule has 0 aliphatic heterocycles. The van der Waals surface area contributed by atoms with Crippen LogP contribution in [0.15, 0.2) is 21.6 Å². The standard InChI is InChI=1S/C9H12BrF2N3O3S/c10-6-3-7(9(13)14-4-6)19(16,17)15-1-2-18-5-8(11)12/h3-4,8,15H,1-2,5H2,(H2,13,14). The Bertz CT molecular complexity index is 527. The molecule has 0 radical (unpaired) electrons. The van der Waals surface area contributed by atoms with Gasteiger partial charge in [-0.25, -0.2) is 26.9 Å². The van der Waals surface area contributed by atoms with Gasteiger partial charge in [0, 0.05) is 17.2 Å². The molecule has 0 spiro atoms. The lowest BCUT2D eigenvalue weighted by Crippen LogP contribution is -2.28. The molecule has 6 nitrogen and oxygen atoms in total. The van der Waals surface area contributed by atoms with Crippen molar-refractivity contribution in [1.82, 2.24) is 9.71 Å². The SMILES string of the molecule is Nc1ncc(Br)cc1S(=O)(=O)NCCOCC(F)F. The first kappa shape index (κ1) is 16.2. The minimum Gasteiger partial charge on any atom is -0.383 e. The highest BCUT2D eigenvalue weighted by Crippen LogP contribution is 2.19. The molecular weight excluding hydrogens is 348 g/mol. The molecule has 0 aliphatic carbocycles. The zero-order valence-electron chi connectivity index (χ0n) is 9.64. The van der Waals surface area contributed by atoms with Crippen LogP contribution in [0.1, 0.15) is 0 Å². The molecule has 108 valence electrons. The van der Waals surface area contributed by atoms with Gasteiger partial charge in [-0.3, -0.25) is 0 Å². The molecule has 10 heteroatoms. The number of hydrogen-bond donors (Lipinski definition) is 2. The van der Waals surface area contributed by atoms with Crippen LogP contribution in [0.4, 0.5) is 14.6 Å². The summed E-state index contributed by atoms with van der Waals surface area (Å²) < 4.78 is 54.4. The maximum Gasteiger partial charge on any atom is 0.261 e. The number of nitrogens with one attached hydrogen (secondary N) is 1. The van der Waals surface area contributed by atoms with Crippen molar-refractivity contribution in [3.63, 3.8) is 0 Å². The highest BCUT2D eigenvalue weighted by Gasteiger charge is 2.18. The molecule has 0 saturated carbocycles. The Kier molecular flexibility index (Phi) is 6.04. The summed E-state index contributed by atoms with van der Waals surface area (Å²) in [7, 11) is -3.85. The molecular formula is C9H12BrF2N3O3S. The van der Waals surface area contributed by atoms with E-state index in [0.29, 0.717) is 4.47 Å². The molecule has 1 rings (SSSR count). The van der Waals surface area contributed by atoms with E-state index in [-0.39, 0.29) is 23.9 Å². The number of nitrogen functional groups attached to an aromatic ring is 1. The fourth-order valence-corrected chi connectivity index (χ4v) is 2.75. The van der Waals surface area contributed by atoms with Gasteiger partial charge in [0.1, 0.15) is 17.3 Å². The lowest BCUT2D eigenvalue weighted by Gasteiger charge is -2.09. The van der Waals surface area contributed by atoms with Crippen molar-refractivity contribution in [3.05, 3.63) is 16.7 Å². The van der Waals surface area contributed by atoms with Crippen LogP contribution in [-0.2, 0) is 14.8 Å². The summed E-state index contributed by atoms with van der Waals surface area (Å²) in [5.74, 6) is -0.149. The second-order valence-corrected chi connectivity index (χ2v) is 6.05. The van der Waals surface area contributed by atoms with Crippen molar-refractivity contribution in [3.8, 4) is 0 Å². The van der Waals surface area contributed by atoms with Crippen LogP contribution in [0.5, 0.6) is 0 Å². The van der Waals surface area contributed by atoms with Crippen LogP contribution in [0.3, 0.4) is 0 Å². The van der Waals surface area contributed by atoms with Gasteiger partial charge in [0.25, 0.3) is 6.43 Å². The van der Waals surface area contributed by atoms with Crippen LogP contribution >= 0.6 is 15.9 Å². The second-order valence-electron chi connectivity index (χ2n) is 3.40. The van der Waals surface area contributed by atoms with Gasteiger partial charge in [0.05, 0.1) is 6.61 Å². The topological polar surface area (TPSA) is 94.3 Å². The predicted octanol–water partition coefficient (Wildman–Crippen LogP) is 0.986. The summed E-state index contributed by atoms with van der Waals surface area (Å²) >= 11 is 3.08. The number of anilines is 1. The third kappa shape index (κ3) is 5.35. The van der Waals surface area contributed by atoms with E-state index in [1.54, 1.807) is 0 Å². The minimum absolute atomic E-state index is 0.138. The summed E-state index contributed by atoms with van der Waals surface area (Å²) in [6.07, 6.45) is -1.22. The van der Waals surface area contributed by atoms with Gasteiger partial charge in [0.15, 0.2) is 0 Å². The molecule has 1 aromatic rings. The molecule has 0 unspecified atom stereocenters. The molecule has 0 aromatic carbocycles. The van der Waals surface area contributed by atoms with Gasteiger partial charge in [0.2, 0.25) is 10.0 Å². The van der Waals surface area contributed by atoms with Gasteiger partial charge in [-0.2, -0.15) is 0 Å². The smallest absolute Gasteiger partial charge is 0.261 e. The maximum atomic E-state index is 11.8. The number of pyridine rings is 1. The molecule has 0 saturated heterocycles. The number of hydrogen-bond acceptors (Lipinski definition) is 5. The monoisotopic (exact) mass is 359 g/mol. The first-order valence-corrected chi connectivity index (χ1v) is 7.37. The van der Waals surface area contributed by atoms with Gasteiger partial charge in [-0.1, -0.05) is 0 Å². The number of nitrogens with zero attached hydrogens (tertiary/aromatic N) is 1. The third-order valence-electron chi connectivity index (χ3n) is 1.92. The van der Waals surface area contributed by atoms with E-state index in [2.05, 4.69) is 30.4 Å². The molecule has 0 atom stereocenters. The average Bonchev–Trinajstić information content (AvgIpc) is 2.31. The number of rotatable bonds is 7. The molecule has 1 heterocycles. The summed E-state index contributed by atoms with van der Waals surface area (Å²) in [5, 5.41) is 0. The van der Waals surface area contributed by atoms with E-state index in [1.807, 2.05) is 0 Å². The quantitative estimate of drug-likeness (QED) is 0.708. The van der Waals surface area contributed by atoms with Gasteiger partial charge in [-0.05, 0) is 22.0 Å².